The molecule has 0 aliphatic heterocycles. The number of carbonyl (C=O) groups is 1. The minimum atomic E-state index is -0.407. The fourth-order valence-corrected chi connectivity index (χ4v) is 2.81. The largest absolute Gasteiger partial charge is 0.484 e. The molecule has 0 aromatic heterocycles. The molecule has 0 spiro atoms. The zero-order valence-corrected chi connectivity index (χ0v) is 16.6. The Morgan fingerprint density at radius 1 is 1.03 bits per heavy atom. The van der Waals surface area contributed by atoms with Crippen molar-refractivity contribution in [2.45, 2.75) is 0 Å². The lowest BCUT2D eigenvalue weighted by Gasteiger charge is -2.07. The molecule has 3 rings (SSSR count). The van der Waals surface area contributed by atoms with Crippen molar-refractivity contribution < 1.29 is 9.53 Å². The van der Waals surface area contributed by atoms with Gasteiger partial charge in [0, 0.05) is 5.56 Å². The molecule has 0 radical (unpaired) electrons. The summed E-state index contributed by atoms with van der Waals surface area (Å²) in [5, 5.41) is 13.5. The van der Waals surface area contributed by atoms with Crippen LogP contribution in [0.4, 0.5) is 0 Å². The van der Waals surface area contributed by atoms with E-state index in [0.717, 1.165) is 11.1 Å². The highest BCUT2D eigenvalue weighted by Gasteiger charge is 2.04. The predicted octanol–water partition coefficient (Wildman–Crippen LogP) is 5.06. The number of nitriles is 1. The first-order valence-electron chi connectivity index (χ1n) is 8.56. The smallest absolute Gasteiger partial charge is 0.277 e. The second kappa shape index (κ2) is 9.74. The Labute approximate surface area is 178 Å². The third-order valence-corrected chi connectivity index (χ3v) is 4.78. The van der Waals surface area contributed by atoms with Gasteiger partial charge in [-0.3, -0.25) is 4.79 Å². The fraction of sp³-hybridized carbons (Fsp3) is 0.0455. The van der Waals surface area contributed by atoms with E-state index in [2.05, 4.69) is 16.6 Å². The molecule has 0 bridgehead atoms. The van der Waals surface area contributed by atoms with Gasteiger partial charge in [0.25, 0.3) is 5.91 Å². The first-order chi connectivity index (χ1) is 14.1. The minimum Gasteiger partial charge on any atom is -0.484 e. The third kappa shape index (κ3) is 5.58. The van der Waals surface area contributed by atoms with E-state index in [1.54, 1.807) is 42.5 Å². The number of hydrogen-bond donors (Lipinski definition) is 1. The summed E-state index contributed by atoms with van der Waals surface area (Å²) in [6.07, 6.45) is 1.42. The Bertz CT molecular complexity index is 1070. The maximum atomic E-state index is 11.9. The van der Waals surface area contributed by atoms with Crippen LogP contribution >= 0.6 is 23.2 Å². The van der Waals surface area contributed by atoms with Crippen LogP contribution in [0.15, 0.2) is 71.8 Å². The van der Waals surface area contributed by atoms with Crippen LogP contribution in [-0.2, 0) is 4.79 Å². The highest BCUT2D eigenvalue weighted by atomic mass is 35.5. The summed E-state index contributed by atoms with van der Waals surface area (Å²) in [6.45, 7) is -0.184. The Balaban J connectivity index is 1.51. The highest BCUT2D eigenvalue weighted by molar-refractivity contribution is 6.43. The van der Waals surface area contributed by atoms with E-state index in [9.17, 15) is 4.79 Å². The lowest BCUT2D eigenvalue weighted by atomic mass is 10.0. The summed E-state index contributed by atoms with van der Waals surface area (Å²) >= 11 is 12.0. The molecular formula is C22H15Cl2N3O2. The van der Waals surface area contributed by atoms with Crippen LogP contribution in [-0.4, -0.2) is 18.7 Å². The molecule has 0 atom stereocenters. The van der Waals surface area contributed by atoms with E-state index in [4.69, 9.17) is 33.2 Å². The number of nitrogens with zero attached hydrogens (tertiary/aromatic N) is 2. The second-order valence-electron chi connectivity index (χ2n) is 5.94. The molecule has 5 nitrogen and oxygen atoms in total. The van der Waals surface area contributed by atoms with Crippen molar-refractivity contribution in [2.75, 3.05) is 6.61 Å². The molecule has 3 aromatic rings. The first kappa shape index (κ1) is 20.4. The van der Waals surface area contributed by atoms with Gasteiger partial charge >= 0.3 is 0 Å². The van der Waals surface area contributed by atoms with Crippen molar-refractivity contribution in [3.8, 4) is 22.9 Å². The topological polar surface area (TPSA) is 74.5 Å². The van der Waals surface area contributed by atoms with Crippen LogP contribution < -0.4 is 10.2 Å². The van der Waals surface area contributed by atoms with Crippen molar-refractivity contribution in [3.63, 3.8) is 0 Å². The van der Waals surface area contributed by atoms with Gasteiger partial charge in [0.2, 0.25) is 0 Å². The Hall–Kier alpha value is -3.33. The standard InChI is InChI=1S/C22H15Cl2N3O2/c23-20-3-1-2-18(22(20)24)13-26-27-21(28)14-29-19-10-8-17(9-11-19)16-6-4-15(12-25)5-7-16/h1-11,13H,14H2,(H,27,28)/b26-13+. The molecule has 1 N–H and O–H groups in total. The average Bonchev–Trinajstić information content (AvgIpc) is 2.76. The molecule has 3 aromatic carbocycles. The number of amides is 1. The van der Waals surface area contributed by atoms with Crippen LogP contribution in [0.3, 0.4) is 0 Å². The van der Waals surface area contributed by atoms with E-state index < -0.39 is 5.91 Å². The summed E-state index contributed by atoms with van der Waals surface area (Å²) in [7, 11) is 0. The zero-order chi connectivity index (χ0) is 20.6. The van der Waals surface area contributed by atoms with Crippen LogP contribution in [0.1, 0.15) is 11.1 Å². The maximum Gasteiger partial charge on any atom is 0.277 e. The van der Waals surface area contributed by atoms with Gasteiger partial charge in [-0.15, -0.1) is 0 Å². The molecule has 0 aliphatic carbocycles. The van der Waals surface area contributed by atoms with Crippen LogP contribution in [0, 0.1) is 11.3 Å². The van der Waals surface area contributed by atoms with Gasteiger partial charge in [0.15, 0.2) is 6.61 Å². The van der Waals surface area contributed by atoms with Gasteiger partial charge in [-0.25, -0.2) is 5.43 Å². The molecule has 29 heavy (non-hydrogen) atoms. The lowest BCUT2D eigenvalue weighted by molar-refractivity contribution is -0.123. The molecule has 0 heterocycles. The van der Waals surface area contributed by atoms with Crippen molar-refractivity contribution in [2.24, 2.45) is 5.10 Å². The van der Waals surface area contributed by atoms with Gasteiger partial charge in [0.1, 0.15) is 5.75 Å². The molecule has 1 amide bonds. The van der Waals surface area contributed by atoms with Crippen molar-refractivity contribution in [1.29, 1.82) is 5.26 Å². The summed E-state index contributed by atoms with van der Waals surface area (Å²) in [6, 6.07) is 21.8. The number of nitrogens with one attached hydrogen (secondary N) is 1. The third-order valence-electron chi connectivity index (χ3n) is 3.95. The van der Waals surface area contributed by atoms with Gasteiger partial charge in [-0.05, 0) is 41.5 Å². The Kier molecular flexibility index (Phi) is 6.85. The predicted molar refractivity (Wildman–Crippen MR) is 114 cm³/mol. The summed E-state index contributed by atoms with van der Waals surface area (Å²) in [5.74, 6) is 0.148. The second-order valence-corrected chi connectivity index (χ2v) is 6.72. The van der Waals surface area contributed by atoms with Gasteiger partial charge < -0.3 is 4.74 Å². The van der Waals surface area contributed by atoms with E-state index in [1.807, 2.05) is 24.3 Å². The van der Waals surface area contributed by atoms with Crippen molar-refractivity contribution in [3.05, 3.63) is 87.9 Å². The number of halogens is 2. The summed E-state index contributed by atoms with van der Waals surface area (Å²) in [5.41, 5.74) is 5.55. The molecule has 0 saturated heterocycles. The van der Waals surface area contributed by atoms with Crippen LogP contribution in [0.25, 0.3) is 11.1 Å². The number of hydrazone groups is 1. The zero-order valence-electron chi connectivity index (χ0n) is 15.1. The highest BCUT2D eigenvalue weighted by Crippen LogP contribution is 2.24. The number of benzene rings is 3. The average molecular weight is 424 g/mol. The monoisotopic (exact) mass is 423 g/mol. The molecule has 144 valence electrons. The van der Waals surface area contributed by atoms with E-state index in [-0.39, 0.29) is 6.61 Å². The Morgan fingerprint density at radius 3 is 2.34 bits per heavy atom. The quantitative estimate of drug-likeness (QED) is 0.444. The first-order valence-corrected chi connectivity index (χ1v) is 9.32. The summed E-state index contributed by atoms with van der Waals surface area (Å²) < 4.78 is 5.46. The number of ether oxygens (including phenoxy) is 1. The molecule has 0 saturated carbocycles. The lowest BCUT2D eigenvalue weighted by Crippen LogP contribution is -2.24. The van der Waals surface area contributed by atoms with Gasteiger partial charge in [-0.1, -0.05) is 59.6 Å². The summed E-state index contributed by atoms with van der Waals surface area (Å²) in [4.78, 5) is 11.9. The minimum absolute atomic E-state index is 0.184. The van der Waals surface area contributed by atoms with Gasteiger partial charge in [0.05, 0.1) is 27.9 Å². The molecule has 0 fully saturated rings. The normalized spacial score (nSPS) is 10.5. The van der Waals surface area contributed by atoms with Crippen LogP contribution in [0.2, 0.25) is 10.0 Å². The van der Waals surface area contributed by atoms with E-state index >= 15 is 0 Å². The Morgan fingerprint density at radius 2 is 1.69 bits per heavy atom. The van der Waals surface area contributed by atoms with E-state index in [1.165, 1.54) is 6.21 Å². The molecule has 0 unspecified atom stereocenters. The number of carbonyl (C=O) groups excluding carboxylic acids is 1. The van der Waals surface area contributed by atoms with Gasteiger partial charge in [-0.2, -0.15) is 10.4 Å². The van der Waals surface area contributed by atoms with E-state index in [0.29, 0.717) is 26.9 Å². The molecule has 7 heteroatoms. The number of rotatable bonds is 6. The van der Waals surface area contributed by atoms with Crippen LogP contribution in [0.5, 0.6) is 5.75 Å². The molecule has 0 aliphatic rings. The maximum absolute atomic E-state index is 11.9. The molecular weight excluding hydrogens is 409 g/mol. The number of hydrogen-bond acceptors (Lipinski definition) is 4. The fourth-order valence-electron chi connectivity index (χ4n) is 2.46. The van der Waals surface area contributed by atoms with Crippen molar-refractivity contribution in [1.82, 2.24) is 5.43 Å². The SMILES string of the molecule is N#Cc1ccc(-c2ccc(OCC(=O)N/N=C/c3cccc(Cl)c3Cl)cc2)cc1. The van der Waals surface area contributed by atoms with Crippen molar-refractivity contribution >= 4 is 35.3 Å².